The van der Waals surface area contributed by atoms with Crippen LogP contribution in [0.2, 0.25) is 0 Å². The molecular weight excluding hydrogens is 172 g/mol. The van der Waals surface area contributed by atoms with Crippen LogP contribution in [0.25, 0.3) is 0 Å². The molecule has 13 heavy (non-hydrogen) atoms. The van der Waals surface area contributed by atoms with Crippen LogP contribution in [-0.4, -0.2) is 22.6 Å². The van der Waals surface area contributed by atoms with Gasteiger partial charge < -0.3 is 5.11 Å². The molecule has 1 saturated carbocycles. The van der Waals surface area contributed by atoms with Gasteiger partial charge in [-0.3, -0.25) is 14.4 Å². The lowest BCUT2D eigenvalue weighted by atomic mass is 9.77. The topological polar surface area (TPSA) is 71.4 Å². The van der Waals surface area contributed by atoms with Crippen molar-refractivity contribution in [1.29, 1.82) is 0 Å². The maximum absolute atomic E-state index is 11.3. The van der Waals surface area contributed by atoms with Crippen LogP contribution in [-0.2, 0) is 14.4 Å². The number of hydrogen-bond acceptors (Lipinski definition) is 3. The number of carbonyl (C=O) groups is 3. The van der Waals surface area contributed by atoms with Crippen molar-refractivity contribution in [2.75, 3.05) is 0 Å². The summed E-state index contributed by atoms with van der Waals surface area (Å²) in [6.07, 6.45) is 0.110. The molecule has 0 aromatic carbocycles. The maximum Gasteiger partial charge on any atom is 0.304 e. The normalized spacial score (nSPS) is 29.0. The van der Waals surface area contributed by atoms with Crippen LogP contribution in [0.1, 0.15) is 26.2 Å². The van der Waals surface area contributed by atoms with Crippen molar-refractivity contribution in [1.82, 2.24) is 0 Å². The monoisotopic (exact) mass is 184 g/mol. The Hall–Kier alpha value is -1.19. The summed E-state index contributed by atoms with van der Waals surface area (Å²) in [7, 11) is 0. The first-order valence-corrected chi connectivity index (χ1v) is 4.27. The zero-order valence-corrected chi connectivity index (χ0v) is 7.45. The first-order valence-electron chi connectivity index (χ1n) is 4.27. The predicted octanol–water partition coefficient (Wildman–Crippen LogP) is 0.645. The van der Waals surface area contributed by atoms with E-state index in [0.717, 1.165) is 0 Å². The summed E-state index contributed by atoms with van der Waals surface area (Å²) in [6.45, 7) is 1.75. The molecule has 1 aliphatic carbocycles. The standard InChI is InChI=1S/C9H12O4/c1-5-2-6(10)3-8(11)7(5)4-9(12)13/h5,7H,2-4H2,1H3,(H,12,13). The first kappa shape index (κ1) is 9.89. The fraction of sp³-hybridized carbons (Fsp3) is 0.667. The molecule has 2 unspecified atom stereocenters. The van der Waals surface area contributed by atoms with Crippen molar-refractivity contribution >= 4 is 17.5 Å². The van der Waals surface area contributed by atoms with Crippen molar-refractivity contribution in [2.45, 2.75) is 26.2 Å². The molecule has 1 rings (SSSR count). The van der Waals surface area contributed by atoms with Crippen molar-refractivity contribution in [3.05, 3.63) is 0 Å². The number of Topliss-reactive ketones (excluding diaryl/α,β-unsaturated/α-hetero) is 2. The van der Waals surface area contributed by atoms with E-state index in [1.807, 2.05) is 0 Å². The largest absolute Gasteiger partial charge is 0.481 e. The minimum Gasteiger partial charge on any atom is -0.481 e. The SMILES string of the molecule is CC1CC(=O)CC(=O)C1CC(=O)O. The van der Waals surface area contributed by atoms with E-state index in [1.165, 1.54) is 0 Å². The highest BCUT2D eigenvalue weighted by Gasteiger charge is 2.34. The summed E-state index contributed by atoms with van der Waals surface area (Å²) in [5.74, 6) is -1.84. The van der Waals surface area contributed by atoms with Crippen molar-refractivity contribution in [3.63, 3.8) is 0 Å². The Kier molecular flexibility index (Phi) is 2.80. The molecule has 0 bridgehead atoms. The minimum absolute atomic E-state index is 0.0702. The average molecular weight is 184 g/mol. The van der Waals surface area contributed by atoms with E-state index in [4.69, 9.17) is 5.11 Å². The minimum atomic E-state index is -0.973. The zero-order valence-electron chi connectivity index (χ0n) is 7.45. The zero-order chi connectivity index (χ0) is 10.0. The summed E-state index contributed by atoms with van der Waals surface area (Å²) in [6, 6.07) is 0. The lowest BCUT2D eigenvalue weighted by molar-refractivity contribution is -0.144. The van der Waals surface area contributed by atoms with Crippen LogP contribution in [0.15, 0.2) is 0 Å². The molecule has 2 atom stereocenters. The fourth-order valence-corrected chi connectivity index (χ4v) is 1.72. The van der Waals surface area contributed by atoms with E-state index in [-0.39, 0.29) is 30.3 Å². The van der Waals surface area contributed by atoms with Gasteiger partial charge in [0.05, 0.1) is 12.8 Å². The fourth-order valence-electron chi connectivity index (χ4n) is 1.72. The van der Waals surface area contributed by atoms with Gasteiger partial charge >= 0.3 is 5.97 Å². The highest BCUT2D eigenvalue weighted by molar-refractivity contribution is 6.03. The van der Waals surface area contributed by atoms with E-state index in [1.54, 1.807) is 6.92 Å². The van der Waals surface area contributed by atoms with Gasteiger partial charge in [-0.05, 0) is 5.92 Å². The molecule has 0 aliphatic heterocycles. The molecule has 72 valence electrons. The molecule has 4 heteroatoms. The second-order valence-electron chi connectivity index (χ2n) is 3.57. The third-order valence-electron chi connectivity index (χ3n) is 2.42. The summed E-state index contributed by atoms with van der Waals surface area (Å²) < 4.78 is 0. The highest BCUT2D eigenvalue weighted by Crippen LogP contribution is 2.27. The van der Waals surface area contributed by atoms with Gasteiger partial charge in [0.15, 0.2) is 0 Å². The van der Waals surface area contributed by atoms with E-state index in [9.17, 15) is 14.4 Å². The Balaban J connectivity index is 2.67. The molecule has 0 aromatic heterocycles. The third kappa shape index (κ3) is 2.37. The number of ketones is 2. The Morgan fingerprint density at radius 2 is 2.15 bits per heavy atom. The molecule has 4 nitrogen and oxygen atoms in total. The second kappa shape index (κ2) is 3.68. The van der Waals surface area contributed by atoms with Crippen LogP contribution in [0.3, 0.4) is 0 Å². The van der Waals surface area contributed by atoms with E-state index in [2.05, 4.69) is 0 Å². The van der Waals surface area contributed by atoms with Crippen LogP contribution in [0.5, 0.6) is 0 Å². The molecule has 1 N–H and O–H groups in total. The van der Waals surface area contributed by atoms with Gasteiger partial charge in [-0.15, -0.1) is 0 Å². The smallest absolute Gasteiger partial charge is 0.304 e. The van der Waals surface area contributed by atoms with Gasteiger partial charge in [-0.2, -0.15) is 0 Å². The lowest BCUT2D eigenvalue weighted by Crippen LogP contribution is -2.33. The summed E-state index contributed by atoms with van der Waals surface area (Å²) in [5, 5.41) is 8.53. The molecule has 0 amide bonds. The first-order chi connectivity index (χ1) is 6.00. The van der Waals surface area contributed by atoms with Gasteiger partial charge in [-0.1, -0.05) is 6.92 Å². The quantitative estimate of drug-likeness (QED) is 0.639. The molecule has 1 aliphatic rings. The molecule has 1 fully saturated rings. The molecule has 0 saturated heterocycles. The van der Waals surface area contributed by atoms with Crippen LogP contribution >= 0.6 is 0 Å². The number of aliphatic carboxylic acids is 1. The molecular formula is C9H12O4. The maximum atomic E-state index is 11.3. The van der Waals surface area contributed by atoms with Gasteiger partial charge in [0, 0.05) is 12.3 Å². The molecule has 0 radical (unpaired) electrons. The summed E-state index contributed by atoms with van der Waals surface area (Å²) in [4.78, 5) is 32.6. The Morgan fingerprint density at radius 1 is 1.54 bits per heavy atom. The summed E-state index contributed by atoms with van der Waals surface area (Å²) in [5.41, 5.74) is 0. The van der Waals surface area contributed by atoms with Crippen molar-refractivity contribution in [3.8, 4) is 0 Å². The third-order valence-corrected chi connectivity index (χ3v) is 2.42. The highest BCUT2D eigenvalue weighted by atomic mass is 16.4. The number of carboxylic acid groups (broad SMARTS) is 1. The van der Waals surface area contributed by atoms with E-state index < -0.39 is 11.9 Å². The van der Waals surface area contributed by atoms with E-state index >= 15 is 0 Å². The average Bonchev–Trinajstić information content (AvgIpc) is 1.96. The van der Waals surface area contributed by atoms with Crippen LogP contribution in [0.4, 0.5) is 0 Å². The predicted molar refractivity (Wildman–Crippen MR) is 44.2 cm³/mol. The van der Waals surface area contributed by atoms with Crippen LogP contribution < -0.4 is 0 Å². The molecule has 0 heterocycles. The van der Waals surface area contributed by atoms with Gasteiger partial charge in [0.25, 0.3) is 0 Å². The lowest BCUT2D eigenvalue weighted by Gasteiger charge is -2.24. The van der Waals surface area contributed by atoms with Gasteiger partial charge in [0.2, 0.25) is 0 Å². The number of rotatable bonds is 2. The Labute approximate surface area is 75.9 Å². The Bertz CT molecular complexity index is 256. The van der Waals surface area contributed by atoms with Crippen molar-refractivity contribution < 1.29 is 19.5 Å². The Morgan fingerprint density at radius 3 is 2.62 bits per heavy atom. The van der Waals surface area contributed by atoms with E-state index in [0.29, 0.717) is 6.42 Å². The second-order valence-corrected chi connectivity index (χ2v) is 3.57. The molecule has 0 spiro atoms. The number of hydrogen-bond donors (Lipinski definition) is 1. The number of carbonyl (C=O) groups excluding carboxylic acids is 2. The van der Waals surface area contributed by atoms with Gasteiger partial charge in [-0.25, -0.2) is 0 Å². The molecule has 0 aromatic rings. The van der Waals surface area contributed by atoms with Crippen molar-refractivity contribution in [2.24, 2.45) is 11.8 Å². The summed E-state index contributed by atoms with van der Waals surface area (Å²) >= 11 is 0. The van der Waals surface area contributed by atoms with Gasteiger partial charge in [0.1, 0.15) is 11.6 Å². The van der Waals surface area contributed by atoms with Crippen LogP contribution in [0, 0.1) is 11.8 Å². The number of carboxylic acids is 1.